The quantitative estimate of drug-likeness (QED) is 0.487. The van der Waals surface area contributed by atoms with Gasteiger partial charge in [0, 0.05) is 12.3 Å². The fourth-order valence-corrected chi connectivity index (χ4v) is 2.79. The van der Waals surface area contributed by atoms with Crippen molar-refractivity contribution in [3.8, 4) is 0 Å². The zero-order valence-corrected chi connectivity index (χ0v) is 8.52. The average Bonchev–Trinajstić information content (AvgIpc) is 2.03. The summed E-state index contributed by atoms with van der Waals surface area (Å²) in [6, 6.07) is 0. The van der Waals surface area contributed by atoms with Crippen LogP contribution in [0.5, 0.6) is 0 Å². The lowest BCUT2D eigenvalue weighted by atomic mass is 9.82. The highest BCUT2D eigenvalue weighted by molar-refractivity contribution is 9.10. The Hall–Kier alpha value is -0.110. The molecule has 2 atom stereocenters. The molecule has 1 aliphatic carbocycles. The smallest absolute Gasteiger partial charge is 0.147 e. The standard InChI is InChI=1S/C9H13BrO/c1-4-6-8(10)7(11)5-9(6,2)3/h4,6,8H,1,5H2,2-3H3. The minimum absolute atomic E-state index is 0.00463. The summed E-state index contributed by atoms with van der Waals surface area (Å²) in [5.41, 5.74) is 0.0903. The number of alkyl halides is 1. The topological polar surface area (TPSA) is 17.1 Å². The normalized spacial score (nSPS) is 35.7. The monoisotopic (exact) mass is 216 g/mol. The van der Waals surface area contributed by atoms with Crippen LogP contribution in [-0.2, 0) is 4.79 Å². The van der Waals surface area contributed by atoms with E-state index in [9.17, 15) is 4.79 Å². The molecule has 0 saturated heterocycles. The van der Waals surface area contributed by atoms with Gasteiger partial charge in [-0.25, -0.2) is 0 Å². The van der Waals surface area contributed by atoms with Crippen molar-refractivity contribution in [1.82, 2.24) is 0 Å². The van der Waals surface area contributed by atoms with Gasteiger partial charge in [-0.2, -0.15) is 0 Å². The Morgan fingerprint density at radius 3 is 2.45 bits per heavy atom. The Bertz CT molecular complexity index is 196. The zero-order valence-electron chi connectivity index (χ0n) is 6.93. The lowest BCUT2D eigenvalue weighted by Gasteiger charge is -2.23. The number of carbonyl (C=O) groups is 1. The Kier molecular flexibility index (Phi) is 2.24. The molecule has 0 radical (unpaired) electrons. The second-order valence-electron chi connectivity index (χ2n) is 3.79. The summed E-state index contributed by atoms with van der Waals surface area (Å²) < 4.78 is 0. The molecular weight excluding hydrogens is 204 g/mol. The molecule has 0 N–H and O–H groups in total. The first-order valence-electron chi connectivity index (χ1n) is 3.78. The molecule has 11 heavy (non-hydrogen) atoms. The highest BCUT2D eigenvalue weighted by Crippen LogP contribution is 2.44. The number of carbonyl (C=O) groups excluding carboxylic acids is 1. The predicted octanol–water partition coefficient (Wildman–Crippen LogP) is 2.55. The molecule has 0 aliphatic heterocycles. The van der Waals surface area contributed by atoms with E-state index in [0.717, 1.165) is 0 Å². The molecule has 1 rings (SSSR count). The number of ketones is 1. The first-order chi connectivity index (χ1) is 4.99. The van der Waals surface area contributed by atoms with Crippen LogP contribution in [0.1, 0.15) is 20.3 Å². The largest absolute Gasteiger partial charge is 0.298 e. The second kappa shape index (κ2) is 2.74. The summed E-state index contributed by atoms with van der Waals surface area (Å²) in [5, 5.41) is 0. The molecule has 1 saturated carbocycles. The summed E-state index contributed by atoms with van der Waals surface area (Å²) in [4.78, 5) is 11.3. The van der Waals surface area contributed by atoms with Gasteiger partial charge in [0.1, 0.15) is 5.78 Å². The van der Waals surface area contributed by atoms with Gasteiger partial charge in [-0.15, -0.1) is 6.58 Å². The Balaban J connectivity index is 2.90. The van der Waals surface area contributed by atoms with E-state index in [0.29, 0.717) is 12.2 Å². The molecule has 0 spiro atoms. The summed E-state index contributed by atoms with van der Waals surface area (Å²) in [6.07, 6.45) is 2.55. The number of rotatable bonds is 1. The van der Waals surface area contributed by atoms with Gasteiger partial charge in [0.2, 0.25) is 0 Å². The first kappa shape index (κ1) is 8.98. The van der Waals surface area contributed by atoms with Gasteiger partial charge >= 0.3 is 0 Å². The highest BCUT2D eigenvalue weighted by Gasteiger charge is 2.44. The molecule has 0 heterocycles. The van der Waals surface area contributed by atoms with Gasteiger partial charge in [0.15, 0.2) is 0 Å². The maximum Gasteiger partial charge on any atom is 0.147 e. The van der Waals surface area contributed by atoms with E-state index < -0.39 is 0 Å². The fourth-order valence-electron chi connectivity index (χ4n) is 1.70. The van der Waals surface area contributed by atoms with Crippen LogP contribution in [0.4, 0.5) is 0 Å². The summed E-state index contributed by atoms with van der Waals surface area (Å²) in [7, 11) is 0. The Morgan fingerprint density at radius 1 is 1.73 bits per heavy atom. The third-order valence-corrected chi connectivity index (χ3v) is 3.49. The van der Waals surface area contributed by atoms with Crippen molar-refractivity contribution in [3.63, 3.8) is 0 Å². The predicted molar refractivity (Wildman–Crippen MR) is 49.8 cm³/mol. The molecule has 62 valence electrons. The van der Waals surface area contributed by atoms with Crippen LogP contribution in [-0.4, -0.2) is 10.6 Å². The van der Waals surface area contributed by atoms with Crippen molar-refractivity contribution in [2.75, 3.05) is 0 Å². The van der Waals surface area contributed by atoms with E-state index in [1.165, 1.54) is 0 Å². The van der Waals surface area contributed by atoms with Crippen LogP contribution < -0.4 is 0 Å². The van der Waals surface area contributed by atoms with Crippen molar-refractivity contribution in [1.29, 1.82) is 0 Å². The number of hydrogen-bond donors (Lipinski definition) is 0. The van der Waals surface area contributed by atoms with Gasteiger partial charge in [0.05, 0.1) is 4.83 Å². The van der Waals surface area contributed by atoms with Crippen molar-refractivity contribution in [2.45, 2.75) is 25.1 Å². The highest BCUT2D eigenvalue weighted by atomic mass is 79.9. The van der Waals surface area contributed by atoms with Crippen LogP contribution in [0.2, 0.25) is 0 Å². The molecular formula is C9H13BrO. The van der Waals surface area contributed by atoms with Gasteiger partial charge in [-0.3, -0.25) is 4.79 Å². The van der Waals surface area contributed by atoms with E-state index in [2.05, 4.69) is 36.4 Å². The molecule has 1 aliphatic rings. The van der Waals surface area contributed by atoms with E-state index in [1.54, 1.807) is 0 Å². The molecule has 0 aromatic carbocycles. The third kappa shape index (κ3) is 1.41. The average molecular weight is 217 g/mol. The molecule has 1 fully saturated rings. The second-order valence-corrected chi connectivity index (χ2v) is 4.78. The van der Waals surface area contributed by atoms with Crippen molar-refractivity contribution < 1.29 is 4.79 Å². The number of allylic oxidation sites excluding steroid dienone is 1. The zero-order chi connectivity index (χ0) is 8.65. The maximum atomic E-state index is 11.3. The van der Waals surface area contributed by atoms with E-state index in [4.69, 9.17) is 0 Å². The van der Waals surface area contributed by atoms with Crippen LogP contribution >= 0.6 is 15.9 Å². The molecule has 0 amide bonds. The van der Waals surface area contributed by atoms with E-state index in [1.807, 2.05) is 6.08 Å². The van der Waals surface area contributed by atoms with E-state index >= 15 is 0 Å². The number of hydrogen-bond acceptors (Lipinski definition) is 1. The van der Waals surface area contributed by atoms with Crippen molar-refractivity contribution in [3.05, 3.63) is 12.7 Å². The van der Waals surface area contributed by atoms with Crippen LogP contribution in [0, 0.1) is 11.3 Å². The van der Waals surface area contributed by atoms with Gasteiger partial charge in [0.25, 0.3) is 0 Å². The third-order valence-electron chi connectivity index (χ3n) is 2.41. The number of halogens is 1. The lowest BCUT2D eigenvalue weighted by molar-refractivity contribution is -0.117. The molecule has 2 unspecified atom stereocenters. The van der Waals surface area contributed by atoms with E-state index in [-0.39, 0.29) is 16.2 Å². The van der Waals surface area contributed by atoms with Gasteiger partial charge in [-0.05, 0) is 5.41 Å². The Labute approximate surface area is 76.0 Å². The molecule has 1 nitrogen and oxygen atoms in total. The van der Waals surface area contributed by atoms with Crippen LogP contribution in [0.25, 0.3) is 0 Å². The van der Waals surface area contributed by atoms with Crippen LogP contribution in [0.15, 0.2) is 12.7 Å². The molecule has 0 aromatic rings. The van der Waals surface area contributed by atoms with Gasteiger partial charge in [-0.1, -0.05) is 35.9 Å². The van der Waals surface area contributed by atoms with Crippen molar-refractivity contribution >= 4 is 21.7 Å². The van der Waals surface area contributed by atoms with Crippen LogP contribution in [0.3, 0.4) is 0 Å². The SMILES string of the molecule is C=CC1C(Br)C(=O)CC1(C)C. The van der Waals surface area contributed by atoms with Gasteiger partial charge < -0.3 is 0 Å². The molecule has 0 aromatic heterocycles. The summed E-state index contributed by atoms with van der Waals surface area (Å²) in [5.74, 6) is 0.593. The minimum atomic E-state index is -0.00463. The Morgan fingerprint density at radius 2 is 2.27 bits per heavy atom. The maximum absolute atomic E-state index is 11.3. The molecule has 2 heteroatoms. The molecule has 0 bridgehead atoms. The summed E-state index contributed by atoms with van der Waals surface area (Å²) >= 11 is 3.39. The lowest BCUT2D eigenvalue weighted by Crippen LogP contribution is -2.20. The number of Topliss-reactive ketones (excluding diaryl/α,β-unsaturated/α-hetero) is 1. The first-order valence-corrected chi connectivity index (χ1v) is 4.70. The summed E-state index contributed by atoms with van der Waals surface area (Å²) in [6.45, 7) is 7.96. The van der Waals surface area contributed by atoms with Crippen molar-refractivity contribution in [2.24, 2.45) is 11.3 Å². The minimum Gasteiger partial charge on any atom is -0.298 e. The fraction of sp³-hybridized carbons (Fsp3) is 0.667.